The molecule has 0 amide bonds. The third-order valence-corrected chi connectivity index (χ3v) is 4.07. The zero-order chi connectivity index (χ0) is 13.6. The fraction of sp³-hybridized carbons (Fsp3) is 0.938. The van der Waals surface area contributed by atoms with Crippen molar-refractivity contribution in [1.82, 2.24) is 0 Å². The molecule has 0 aliphatic carbocycles. The van der Waals surface area contributed by atoms with Gasteiger partial charge in [0.05, 0.1) is 19.6 Å². The lowest BCUT2D eigenvalue weighted by Crippen LogP contribution is -3.13. The van der Waals surface area contributed by atoms with E-state index >= 15 is 0 Å². The molecule has 2 nitrogen and oxygen atoms in total. The minimum absolute atomic E-state index is 1.05. The summed E-state index contributed by atoms with van der Waals surface area (Å²) in [6.45, 7) is 13.7. The largest absolute Gasteiger partial charge is 0.512 e. The normalized spacial score (nSPS) is 23.1. The Balaban J connectivity index is 0.00000137. The quantitative estimate of drug-likeness (QED) is 0.522. The highest BCUT2D eigenvalue weighted by Gasteiger charge is 2.21. The molecule has 1 aliphatic heterocycles. The number of quaternary nitrogens is 1. The maximum Gasteiger partial charge on any atom is 0.0799 e. The standard InChI is InChI=1S/C15H31N.CN/c1-3-5-7-8-12-16-13-9-11-15(14-16)10-6-4-2;1-2/h15H,3-14H2,1-2H3;/q;-1/p+1. The molecule has 1 fully saturated rings. The molecule has 0 saturated carbocycles. The number of likely N-dealkylation sites (tertiary alicyclic amines) is 1. The Morgan fingerprint density at radius 3 is 2.44 bits per heavy atom. The lowest BCUT2D eigenvalue weighted by molar-refractivity contribution is -0.909. The number of nitrogens with zero attached hydrogens (tertiary/aromatic N) is 1. The highest BCUT2D eigenvalue weighted by atomic mass is 15.1. The fourth-order valence-electron chi connectivity index (χ4n) is 3.02. The maximum absolute atomic E-state index is 6.25. The summed E-state index contributed by atoms with van der Waals surface area (Å²) in [5.41, 5.74) is 0. The van der Waals surface area contributed by atoms with Crippen LogP contribution >= 0.6 is 0 Å². The molecule has 0 bridgehead atoms. The minimum Gasteiger partial charge on any atom is -0.512 e. The van der Waals surface area contributed by atoms with Gasteiger partial charge < -0.3 is 16.7 Å². The Morgan fingerprint density at radius 2 is 1.78 bits per heavy atom. The second-order valence-electron chi connectivity index (χ2n) is 5.67. The van der Waals surface area contributed by atoms with Crippen LogP contribution in [0, 0.1) is 17.8 Å². The van der Waals surface area contributed by atoms with Gasteiger partial charge in [-0.2, -0.15) is 0 Å². The summed E-state index contributed by atoms with van der Waals surface area (Å²) in [6, 6.07) is 0. The first-order valence-corrected chi connectivity index (χ1v) is 7.92. The van der Waals surface area contributed by atoms with Crippen LogP contribution < -0.4 is 4.90 Å². The van der Waals surface area contributed by atoms with Crippen molar-refractivity contribution in [1.29, 1.82) is 5.26 Å². The predicted octanol–water partition coefficient (Wildman–Crippen LogP) is 3.15. The van der Waals surface area contributed by atoms with Crippen LogP contribution in [0.1, 0.15) is 71.6 Å². The van der Waals surface area contributed by atoms with Crippen LogP contribution in [0.4, 0.5) is 0 Å². The molecule has 0 aromatic rings. The number of nitrogens with one attached hydrogen (secondary N) is 1. The molecule has 2 unspecified atom stereocenters. The monoisotopic (exact) mass is 252 g/mol. The SMILES string of the molecule is CCCCCC[NH+]1CCCC(CCCC)C1.[C-]#N. The van der Waals surface area contributed by atoms with Gasteiger partial charge in [-0.05, 0) is 32.1 Å². The van der Waals surface area contributed by atoms with Crippen LogP contribution in [0.25, 0.3) is 0 Å². The highest BCUT2D eigenvalue weighted by molar-refractivity contribution is 4.61. The van der Waals surface area contributed by atoms with Crippen molar-refractivity contribution in [3.63, 3.8) is 0 Å². The lowest BCUT2D eigenvalue weighted by Gasteiger charge is -2.30. The van der Waals surface area contributed by atoms with Gasteiger partial charge in [0.1, 0.15) is 0 Å². The van der Waals surface area contributed by atoms with Gasteiger partial charge in [0.2, 0.25) is 0 Å². The molecule has 106 valence electrons. The molecule has 18 heavy (non-hydrogen) atoms. The minimum atomic E-state index is 1.05. The fourth-order valence-corrected chi connectivity index (χ4v) is 3.02. The molecule has 1 rings (SSSR count). The average Bonchev–Trinajstić information content (AvgIpc) is 2.44. The molecule has 1 heterocycles. The predicted molar refractivity (Wildman–Crippen MR) is 76.9 cm³/mol. The van der Waals surface area contributed by atoms with Crippen LogP contribution in [0.2, 0.25) is 0 Å². The summed E-state index contributed by atoms with van der Waals surface area (Å²) in [5, 5.41) is 6.25. The van der Waals surface area contributed by atoms with Crippen LogP contribution in [0.15, 0.2) is 0 Å². The van der Waals surface area contributed by atoms with Crippen LogP contribution in [0.5, 0.6) is 0 Å². The van der Waals surface area contributed by atoms with Gasteiger partial charge in [-0.15, -0.1) is 0 Å². The summed E-state index contributed by atoms with van der Waals surface area (Å²) >= 11 is 0. The Labute approximate surface area is 114 Å². The smallest absolute Gasteiger partial charge is 0.0799 e. The Hall–Kier alpha value is -0.550. The second-order valence-corrected chi connectivity index (χ2v) is 5.67. The van der Waals surface area contributed by atoms with Crippen molar-refractivity contribution in [2.24, 2.45) is 5.92 Å². The molecular weight excluding hydrogens is 220 g/mol. The summed E-state index contributed by atoms with van der Waals surface area (Å²) in [4.78, 5) is 1.91. The number of unbranched alkanes of at least 4 members (excludes halogenated alkanes) is 4. The first-order chi connectivity index (χ1) is 8.86. The first kappa shape index (κ1) is 17.4. The van der Waals surface area contributed by atoms with Gasteiger partial charge >= 0.3 is 0 Å². The van der Waals surface area contributed by atoms with E-state index in [1.54, 1.807) is 0 Å². The molecule has 0 aromatic carbocycles. The molecule has 1 N–H and O–H groups in total. The van der Waals surface area contributed by atoms with Crippen LogP contribution in [-0.2, 0) is 0 Å². The summed E-state index contributed by atoms with van der Waals surface area (Å²) in [5.74, 6) is 1.05. The van der Waals surface area contributed by atoms with Gasteiger partial charge in [-0.25, -0.2) is 0 Å². The summed E-state index contributed by atoms with van der Waals surface area (Å²) in [6.07, 6.45) is 13.0. The molecule has 1 aliphatic rings. The molecule has 0 spiro atoms. The average molecular weight is 252 g/mol. The van der Waals surface area contributed by atoms with E-state index in [0.717, 1.165) is 5.92 Å². The summed E-state index contributed by atoms with van der Waals surface area (Å²) < 4.78 is 0. The van der Waals surface area contributed by atoms with Crippen molar-refractivity contribution in [2.75, 3.05) is 19.6 Å². The number of piperidine rings is 1. The maximum atomic E-state index is 6.25. The van der Waals surface area contributed by atoms with E-state index in [0.29, 0.717) is 0 Å². The molecule has 0 aromatic heterocycles. The number of hydrogen-bond acceptors (Lipinski definition) is 1. The zero-order valence-electron chi connectivity index (χ0n) is 12.5. The van der Waals surface area contributed by atoms with Gasteiger partial charge in [0.25, 0.3) is 0 Å². The van der Waals surface area contributed by atoms with E-state index in [1.807, 2.05) is 4.90 Å². The van der Waals surface area contributed by atoms with Crippen molar-refractivity contribution in [2.45, 2.75) is 71.6 Å². The van der Waals surface area contributed by atoms with Gasteiger partial charge in [-0.3, -0.25) is 0 Å². The van der Waals surface area contributed by atoms with E-state index in [1.165, 1.54) is 77.4 Å². The zero-order valence-corrected chi connectivity index (χ0v) is 12.5. The van der Waals surface area contributed by atoms with Crippen molar-refractivity contribution in [3.05, 3.63) is 6.57 Å². The Kier molecular flexibility index (Phi) is 12.5. The molecule has 2 heteroatoms. The highest BCUT2D eigenvalue weighted by Crippen LogP contribution is 2.14. The van der Waals surface area contributed by atoms with E-state index < -0.39 is 0 Å². The van der Waals surface area contributed by atoms with Crippen molar-refractivity contribution < 1.29 is 4.90 Å². The van der Waals surface area contributed by atoms with Crippen molar-refractivity contribution >= 4 is 0 Å². The molecule has 0 radical (unpaired) electrons. The molecular formula is C16H32N2. The second kappa shape index (κ2) is 12.9. The Bertz CT molecular complexity index is 189. The van der Waals surface area contributed by atoms with E-state index in [-0.39, 0.29) is 0 Å². The van der Waals surface area contributed by atoms with Crippen molar-refractivity contribution in [3.8, 4) is 0 Å². The number of hydrogen-bond donors (Lipinski definition) is 1. The van der Waals surface area contributed by atoms with E-state index in [2.05, 4.69) is 13.8 Å². The molecule has 2 atom stereocenters. The topological polar surface area (TPSA) is 28.2 Å². The van der Waals surface area contributed by atoms with Gasteiger partial charge in [0.15, 0.2) is 0 Å². The summed E-state index contributed by atoms with van der Waals surface area (Å²) in [7, 11) is 0. The van der Waals surface area contributed by atoms with E-state index in [9.17, 15) is 0 Å². The third kappa shape index (κ3) is 8.53. The lowest BCUT2D eigenvalue weighted by atomic mass is 9.93. The van der Waals surface area contributed by atoms with Crippen LogP contribution in [0.3, 0.4) is 0 Å². The first-order valence-electron chi connectivity index (χ1n) is 7.92. The molecule has 1 saturated heterocycles. The number of rotatable bonds is 8. The van der Waals surface area contributed by atoms with Crippen LogP contribution in [-0.4, -0.2) is 19.6 Å². The third-order valence-electron chi connectivity index (χ3n) is 4.07. The van der Waals surface area contributed by atoms with E-state index in [4.69, 9.17) is 11.8 Å². The van der Waals surface area contributed by atoms with Gasteiger partial charge in [0, 0.05) is 5.92 Å². The Morgan fingerprint density at radius 1 is 1.06 bits per heavy atom. The van der Waals surface area contributed by atoms with Gasteiger partial charge in [-0.1, -0.05) is 39.5 Å².